The van der Waals surface area contributed by atoms with E-state index in [0.717, 1.165) is 22.4 Å². The van der Waals surface area contributed by atoms with Gasteiger partial charge in [-0.2, -0.15) is 0 Å². The first-order chi connectivity index (χ1) is 10.1. The summed E-state index contributed by atoms with van der Waals surface area (Å²) in [7, 11) is 0. The minimum atomic E-state index is -0.837. The largest absolute Gasteiger partial charge is 0.480 e. The van der Waals surface area contributed by atoms with Crippen LogP contribution in [-0.2, 0) is 17.8 Å². The Bertz CT molecular complexity index is 688. The lowest BCUT2D eigenvalue weighted by molar-refractivity contribution is -0.144. The molecule has 3 nitrogen and oxygen atoms in total. The molecule has 110 valence electrons. The highest BCUT2D eigenvalue weighted by Gasteiger charge is 2.33. The number of nitrogens with zero attached hydrogens (tertiary/aromatic N) is 1. The number of halogens is 2. The molecule has 0 amide bonds. The van der Waals surface area contributed by atoms with Crippen LogP contribution in [0, 0.1) is 5.82 Å². The summed E-state index contributed by atoms with van der Waals surface area (Å²) in [5.74, 6) is -1.15. The summed E-state index contributed by atoms with van der Waals surface area (Å²) < 4.78 is 13.7. The summed E-state index contributed by atoms with van der Waals surface area (Å²) in [5.41, 5.74) is 1.79. The van der Waals surface area contributed by atoms with E-state index in [1.54, 1.807) is 23.5 Å². The van der Waals surface area contributed by atoms with Crippen molar-refractivity contribution >= 4 is 33.2 Å². The molecule has 0 aliphatic carbocycles. The van der Waals surface area contributed by atoms with Gasteiger partial charge in [-0.1, -0.05) is 6.07 Å². The average molecular weight is 370 g/mol. The molecule has 1 N–H and O–H groups in total. The second-order valence-corrected chi connectivity index (χ2v) is 6.86. The second-order valence-electron chi connectivity index (χ2n) is 5.01. The maximum absolute atomic E-state index is 13.3. The Morgan fingerprint density at radius 2 is 2.29 bits per heavy atom. The van der Waals surface area contributed by atoms with E-state index in [4.69, 9.17) is 0 Å². The minimum absolute atomic E-state index is 0.313. The molecule has 0 saturated carbocycles. The Morgan fingerprint density at radius 3 is 3.00 bits per heavy atom. The van der Waals surface area contributed by atoms with Crippen LogP contribution >= 0.6 is 27.3 Å². The van der Waals surface area contributed by atoms with E-state index in [2.05, 4.69) is 15.9 Å². The molecular formula is C15H13BrFNO2S. The first-order valence-corrected chi connectivity index (χ1v) is 8.20. The van der Waals surface area contributed by atoms with Crippen LogP contribution < -0.4 is 0 Å². The van der Waals surface area contributed by atoms with Crippen LogP contribution in [0.5, 0.6) is 0 Å². The number of fused-ring (bicyclic) bond motifs is 1. The number of thiophene rings is 1. The van der Waals surface area contributed by atoms with Gasteiger partial charge in [-0.15, -0.1) is 11.3 Å². The summed E-state index contributed by atoms with van der Waals surface area (Å²) in [6.45, 7) is 1.19. The van der Waals surface area contributed by atoms with Gasteiger partial charge in [-0.25, -0.2) is 4.39 Å². The van der Waals surface area contributed by atoms with Crippen molar-refractivity contribution in [2.75, 3.05) is 6.54 Å². The zero-order chi connectivity index (χ0) is 15.0. The van der Waals surface area contributed by atoms with Crippen molar-refractivity contribution in [3.05, 3.63) is 55.9 Å². The Kier molecular flexibility index (Phi) is 4.10. The van der Waals surface area contributed by atoms with Crippen molar-refractivity contribution < 1.29 is 14.3 Å². The van der Waals surface area contributed by atoms with Crippen LogP contribution in [0.4, 0.5) is 4.39 Å². The Hall–Kier alpha value is -1.24. The Morgan fingerprint density at radius 1 is 1.48 bits per heavy atom. The van der Waals surface area contributed by atoms with Gasteiger partial charge in [0.1, 0.15) is 11.9 Å². The number of aliphatic carboxylic acids is 1. The highest BCUT2D eigenvalue weighted by molar-refractivity contribution is 9.10. The summed E-state index contributed by atoms with van der Waals surface area (Å²) in [5, 5.41) is 11.5. The van der Waals surface area contributed by atoms with E-state index in [1.807, 2.05) is 16.3 Å². The van der Waals surface area contributed by atoms with Gasteiger partial charge >= 0.3 is 5.97 Å². The molecule has 1 aliphatic rings. The van der Waals surface area contributed by atoms with Crippen molar-refractivity contribution in [3.63, 3.8) is 0 Å². The fraction of sp³-hybridized carbons (Fsp3) is 0.267. The zero-order valence-electron chi connectivity index (χ0n) is 11.1. The number of hydrogen-bond acceptors (Lipinski definition) is 3. The minimum Gasteiger partial charge on any atom is -0.480 e. The lowest BCUT2D eigenvalue weighted by Crippen LogP contribution is -2.38. The number of carboxylic acid groups (broad SMARTS) is 1. The van der Waals surface area contributed by atoms with E-state index in [1.165, 1.54) is 6.07 Å². The van der Waals surface area contributed by atoms with Gasteiger partial charge in [0.05, 0.1) is 4.47 Å². The molecule has 0 fully saturated rings. The average Bonchev–Trinajstić information content (AvgIpc) is 2.90. The van der Waals surface area contributed by atoms with Gasteiger partial charge in [-0.3, -0.25) is 9.69 Å². The molecular weight excluding hydrogens is 357 g/mol. The SMILES string of the molecule is O=C(O)C1c2ccsc2CCN1Cc1ccc(F)c(Br)c1. The molecule has 0 radical (unpaired) electrons. The molecule has 1 atom stereocenters. The van der Waals surface area contributed by atoms with Crippen molar-refractivity contribution in [2.24, 2.45) is 0 Å². The van der Waals surface area contributed by atoms with E-state index in [-0.39, 0.29) is 5.82 Å². The fourth-order valence-electron chi connectivity index (χ4n) is 2.70. The third kappa shape index (κ3) is 2.88. The quantitative estimate of drug-likeness (QED) is 0.893. The summed E-state index contributed by atoms with van der Waals surface area (Å²) >= 11 is 4.78. The highest BCUT2D eigenvalue weighted by Crippen LogP contribution is 2.34. The maximum atomic E-state index is 13.3. The smallest absolute Gasteiger partial charge is 0.325 e. The molecule has 0 bridgehead atoms. The molecule has 0 spiro atoms. The third-order valence-electron chi connectivity index (χ3n) is 3.67. The molecule has 1 unspecified atom stereocenters. The van der Waals surface area contributed by atoms with E-state index in [0.29, 0.717) is 17.6 Å². The van der Waals surface area contributed by atoms with Crippen LogP contribution in [0.15, 0.2) is 34.1 Å². The van der Waals surface area contributed by atoms with Crippen LogP contribution in [0.25, 0.3) is 0 Å². The molecule has 1 aromatic heterocycles. The van der Waals surface area contributed by atoms with E-state index < -0.39 is 12.0 Å². The second kappa shape index (κ2) is 5.87. The Balaban J connectivity index is 1.88. The maximum Gasteiger partial charge on any atom is 0.325 e. The predicted molar refractivity (Wildman–Crippen MR) is 82.9 cm³/mol. The van der Waals surface area contributed by atoms with Crippen molar-refractivity contribution in [3.8, 4) is 0 Å². The summed E-state index contributed by atoms with van der Waals surface area (Å²) in [6, 6.07) is 6.07. The van der Waals surface area contributed by atoms with Gasteiger partial charge in [0.25, 0.3) is 0 Å². The first-order valence-electron chi connectivity index (χ1n) is 6.53. The lowest BCUT2D eigenvalue weighted by Gasteiger charge is -2.33. The van der Waals surface area contributed by atoms with Gasteiger partial charge in [0, 0.05) is 18.0 Å². The first kappa shape index (κ1) is 14.7. The topological polar surface area (TPSA) is 40.5 Å². The normalized spacial score (nSPS) is 18.5. The molecule has 3 rings (SSSR count). The number of carboxylic acids is 1. The number of hydrogen-bond donors (Lipinski definition) is 1. The molecule has 0 saturated heterocycles. The molecule has 2 aromatic rings. The molecule has 21 heavy (non-hydrogen) atoms. The van der Waals surface area contributed by atoms with Crippen LogP contribution in [0.3, 0.4) is 0 Å². The summed E-state index contributed by atoms with van der Waals surface area (Å²) in [4.78, 5) is 14.7. The number of carbonyl (C=O) groups is 1. The Labute approximate surface area is 134 Å². The van der Waals surface area contributed by atoms with Crippen molar-refractivity contribution in [2.45, 2.75) is 19.0 Å². The van der Waals surface area contributed by atoms with Gasteiger partial charge in [0.2, 0.25) is 0 Å². The third-order valence-corrected chi connectivity index (χ3v) is 5.27. The standard InChI is InChI=1S/C15H13BrFNO2S/c16-11-7-9(1-2-12(11)17)8-18-5-3-13-10(4-6-21-13)14(18)15(19)20/h1-2,4,6-7,14H,3,5,8H2,(H,19,20). The fourth-order valence-corrected chi connectivity index (χ4v) is 4.03. The molecule has 1 aliphatic heterocycles. The number of rotatable bonds is 3. The molecule has 2 heterocycles. The van der Waals surface area contributed by atoms with E-state index >= 15 is 0 Å². The molecule has 6 heteroatoms. The summed E-state index contributed by atoms with van der Waals surface area (Å²) in [6.07, 6.45) is 0.860. The number of benzene rings is 1. The van der Waals surface area contributed by atoms with Gasteiger partial charge < -0.3 is 5.11 Å². The monoisotopic (exact) mass is 369 g/mol. The predicted octanol–water partition coefficient (Wildman–Crippen LogP) is 3.83. The van der Waals surface area contributed by atoms with Crippen LogP contribution in [0.2, 0.25) is 0 Å². The van der Waals surface area contributed by atoms with Crippen LogP contribution in [0.1, 0.15) is 22.0 Å². The van der Waals surface area contributed by atoms with E-state index in [9.17, 15) is 14.3 Å². The van der Waals surface area contributed by atoms with Gasteiger partial charge in [0.15, 0.2) is 0 Å². The van der Waals surface area contributed by atoms with Crippen molar-refractivity contribution in [1.82, 2.24) is 4.90 Å². The molecule has 1 aromatic carbocycles. The van der Waals surface area contributed by atoms with Crippen LogP contribution in [-0.4, -0.2) is 22.5 Å². The van der Waals surface area contributed by atoms with Gasteiger partial charge in [-0.05, 0) is 57.1 Å². The van der Waals surface area contributed by atoms with Crippen molar-refractivity contribution in [1.29, 1.82) is 0 Å². The zero-order valence-corrected chi connectivity index (χ0v) is 13.5. The highest BCUT2D eigenvalue weighted by atomic mass is 79.9. The lowest BCUT2D eigenvalue weighted by atomic mass is 9.99.